The van der Waals surface area contributed by atoms with Crippen molar-refractivity contribution in [2.24, 2.45) is 0 Å². The molecule has 0 fully saturated rings. The van der Waals surface area contributed by atoms with Crippen LogP contribution >= 0.6 is 15.9 Å². The third-order valence-electron chi connectivity index (χ3n) is 1.58. The number of hydrogen-bond donors (Lipinski definition) is 1. The number of nitro groups is 1. The fourth-order valence-electron chi connectivity index (χ4n) is 0.962. The molecule has 0 saturated heterocycles. The van der Waals surface area contributed by atoms with Crippen molar-refractivity contribution < 1.29 is 10.0 Å². The first-order valence-corrected chi connectivity index (χ1v) is 4.66. The number of aliphatic hydroxyl groups excluding tert-OH is 1. The van der Waals surface area contributed by atoms with Crippen LogP contribution in [0.4, 0.5) is 5.69 Å². The van der Waals surface area contributed by atoms with Crippen LogP contribution in [0.3, 0.4) is 0 Å². The zero-order chi connectivity index (χ0) is 10.6. The smallest absolute Gasteiger partial charge is 0.284 e. The van der Waals surface area contributed by atoms with Crippen LogP contribution in [0, 0.1) is 10.1 Å². The molecule has 0 unspecified atom stereocenters. The summed E-state index contributed by atoms with van der Waals surface area (Å²) in [5, 5.41) is 19.1. The predicted molar refractivity (Wildman–Crippen MR) is 56.9 cm³/mol. The molecule has 1 aromatic rings. The zero-order valence-electron chi connectivity index (χ0n) is 7.18. The Morgan fingerprint density at radius 3 is 2.86 bits per heavy atom. The van der Waals surface area contributed by atoms with Gasteiger partial charge in [0.2, 0.25) is 0 Å². The average Bonchev–Trinajstić information content (AvgIpc) is 2.16. The number of nitro benzene ring substituents is 1. The van der Waals surface area contributed by atoms with Gasteiger partial charge in [0.15, 0.2) is 0 Å². The van der Waals surface area contributed by atoms with Crippen LogP contribution in [0.2, 0.25) is 0 Å². The number of nitrogens with zero attached hydrogens (tertiary/aromatic N) is 1. The summed E-state index contributed by atoms with van der Waals surface area (Å²) < 4.78 is 0.448. The maximum Gasteiger partial charge on any atom is 0.284 e. The Morgan fingerprint density at radius 2 is 2.29 bits per heavy atom. The number of benzene rings is 1. The van der Waals surface area contributed by atoms with E-state index in [9.17, 15) is 10.1 Å². The van der Waals surface area contributed by atoms with Crippen molar-refractivity contribution in [1.82, 2.24) is 0 Å². The average molecular weight is 258 g/mol. The van der Waals surface area contributed by atoms with Gasteiger partial charge in [-0.1, -0.05) is 18.2 Å². The molecule has 0 aliphatic rings. The van der Waals surface area contributed by atoms with Crippen LogP contribution in [0.25, 0.3) is 6.08 Å². The number of hydrogen-bond acceptors (Lipinski definition) is 3. The highest BCUT2D eigenvalue weighted by molar-refractivity contribution is 9.10. The highest BCUT2D eigenvalue weighted by atomic mass is 79.9. The SMILES string of the molecule is O=[N+]([O-])c1cc(/C=C/CO)ccc1Br. The largest absolute Gasteiger partial charge is 0.392 e. The quantitative estimate of drug-likeness (QED) is 0.668. The highest BCUT2D eigenvalue weighted by Gasteiger charge is 2.10. The second-order valence-electron chi connectivity index (χ2n) is 2.55. The van der Waals surface area contributed by atoms with Crippen LogP contribution in [0.15, 0.2) is 28.7 Å². The minimum Gasteiger partial charge on any atom is -0.392 e. The van der Waals surface area contributed by atoms with Gasteiger partial charge in [0.1, 0.15) is 0 Å². The van der Waals surface area contributed by atoms with Gasteiger partial charge in [0.05, 0.1) is 16.0 Å². The minimum atomic E-state index is -0.458. The third kappa shape index (κ3) is 2.65. The van der Waals surface area contributed by atoms with E-state index in [1.807, 2.05) is 0 Å². The molecular formula is C9H8BrNO3. The summed E-state index contributed by atoms with van der Waals surface area (Å²) in [7, 11) is 0. The van der Waals surface area contributed by atoms with Crippen LogP contribution < -0.4 is 0 Å². The fourth-order valence-corrected chi connectivity index (χ4v) is 1.35. The van der Waals surface area contributed by atoms with E-state index in [2.05, 4.69) is 15.9 Å². The van der Waals surface area contributed by atoms with Gasteiger partial charge < -0.3 is 5.11 Å². The number of rotatable bonds is 3. The molecule has 0 spiro atoms. The lowest BCUT2D eigenvalue weighted by molar-refractivity contribution is -0.385. The van der Waals surface area contributed by atoms with Crippen LogP contribution in [0.1, 0.15) is 5.56 Å². The minimum absolute atomic E-state index is 0.0186. The molecule has 0 aliphatic carbocycles. The summed E-state index contributed by atoms with van der Waals surface area (Å²) in [5.74, 6) is 0. The van der Waals surface area contributed by atoms with Crippen molar-refractivity contribution in [3.8, 4) is 0 Å². The van der Waals surface area contributed by atoms with E-state index in [0.717, 1.165) is 0 Å². The normalized spacial score (nSPS) is 10.7. The first kappa shape index (κ1) is 10.9. The van der Waals surface area contributed by atoms with Crippen molar-refractivity contribution in [1.29, 1.82) is 0 Å². The molecule has 0 aliphatic heterocycles. The van der Waals surface area contributed by atoms with Gasteiger partial charge in [0.25, 0.3) is 5.69 Å². The molecule has 1 aromatic carbocycles. The molecule has 0 radical (unpaired) electrons. The van der Waals surface area contributed by atoms with Crippen molar-refractivity contribution >= 4 is 27.7 Å². The van der Waals surface area contributed by atoms with Crippen molar-refractivity contribution in [2.75, 3.05) is 6.61 Å². The Balaban J connectivity index is 3.06. The lowest BCUT2D eigenvalue weighted by Crippen LogP contribution is -1.89. The van der Waals surface area contributed by atoms with E-state index < -0.39 is 4.92 Å². The molecule has 0 heterocycles. The Bertz CT molecular complexity index is 376. The summed E-state index contributed by atoms with van der Waals surface area (Å²) >= 11 is 3.08. The lowest BCUT2D eigenvalue weighted by atomic mass is 10.2. The predicted octanol–water partition coefficient (Wildman–Crippen LogP) is 2.36. The topological polar surface area (TPSA) is 63.4 Å². The van der Waals surface area contributed by atoms with E-state index >= 15 is 0 Å². The van der Waals surface area contributed by atoms with E-state index in [4.69, 9.17) is 5.11 Å². The second-order valence-corrected chi connectivity index (χ2v) is 3.41. The lowest BCUT2D eigenvalue weighted by Gasteiger charge is -1.96. The maximum atomic E-state index is 10.5. The number of halogens is 1. The van der Waals surface area contributed by atoms with Gasteiger partial charge in [-0.25, -0.2) is 0 Å². The zero-order valence-corrected chi connectivity index (χ0v) is 8.77. The second kappa shape index (κ2) is 4.88. The maximum absolute atomic E-state index is 10.5. The molecule has 0 atom stereocenters. The monoisotopic (exact) mass is 257 g/mol. The summed E-state index contributed by atoms with van der Waals surface area (Å²) in [4.78, 5) is 10.1. The molecule has 1 N–H and O–H groups in total. The molecule has 0 saturated carbocycles. The van der Waals surface area contributed by atoms with Crippen molar-refractivity contribution in [3.05, 3.63) is 44.4 Å². The van der Waals surface area contributed by atoms with Gasteiger partial charge in [-0.3, -0.25) is 10.1 Å². The molecule has 4 nitrogen and oxygen atoms in total. The Morgan fingerprint density at radius 1 is 1.57 bits per heavy atom. The molecule has 0 bridgehead atoms. The van der Waals surface area contributed by atoms with Gasteiger partial charge in [-0.15, -0.1) is 0 Å². The molecule has 74 valence electrons. The standard InChI is InChI=1S/C9H8BrNO3/c10-8-4-3-7(2-1-5-12)6-9(8)11(13)14/h1-4,6,12H,5H2/b2-1+. The van der Waals surface area contributed by atoms with E-state index in [1.165, 1.54) is 12.1 Å². The van der Waals surface area contributed by atoms with Crippen LogP contribution in [-0.2, 0) is 0 Å². The molecular weight excluding hydrogens is 250 g/mol. The van der Waals surface area contributed by atoms with Crippen LogP contribution in [-0.4, -0.2) is 16.6 Å². The third-order valence-corrected chi connectivity index (χ3v) is 2.25. The number of aliphatic hydroxyl groups is 1. The van der Waals surface area contributed by atoms with E-state index in [0.29, 0.717) is 10.0 Å². The summed E-state index contributed by atoms with van der Waals surface area (Å²) in [6.45, 7) is -0.0795. The molecule has 14 heavy (non-hydrogen) atoms. The Labute approximate surface area is 89.2 Å². The van der Waals surface area contributed by atoms with Crippen molar-refractivity contribution in [3.63, 3.8) is 0 Å². The first-order chi connectivity index (χ1) is 6.65. The molecule has 0 aromatic heterocycles. The van der Waals surface area contributed by atoms with Gasteiger partial charge in [0, 0.05) is 6.07 Å². The van der Waals surface area contributed by atoms with E-state index in [1.54, 1.807) is 18.2 Å². The van der Waals surface area contributed by atoms with E-state index in [-0.39, 0.29) is 12.3 Å². The Kier molecular flexibility index (Phi) is 3.79. The summed E-state index contributed by atoms with van der Waals surface area (Å²) in [5.41, 5.74) is 0.707. The summed E-state index contributed by atoms with van der Waals surface area (Å²) in [6, 6.07) is 4.77. The Hall–Kier alpha value is -1.20. The van der Waals surface area contributed by atoms with Crippen LogP contribution in [0.5, 0.6) is 0 Å². The molecule has 1 rings (SSSR count). The summed E-state index contributed by atoms with van der Waals surface area (Å²) in [6.07, 6.45) is 3.15. The highest BCUT2D eigenvalue weighted by Crippen LogP contribution is 2.25. The van der Waals surface area contributed by atoms with Crippen molar-refractivity contribution in [2.45, 2.75) is 0 Å². The fraction of sp³-hybridized carbons (Fsp3) is 0.111. The van der Waals surface area contributed by atoms with Gasteiger partial charge >= 0.3 is 0 Å². The molecule has 0 amide bonds. The van der Waals surface area contributed by atoms with Gasteiger partial charge in [-0.05, 0) is 27.6 Å². The first-order valence-electron chi connectivity index (χ1n) is 3.86. The van der Waals surface area contributed by atoms with Gasteiger partial charge in [-0.2, -0.15) is 0 Å². The molecule has 5 heteroatoms.